The number of anilines is 1. The summed E-state index contributed by atoms with van der Waals surface area (Å²) in [6.45, 7) is 0.571. The highest BCUT2D eigenvalue weighted by atomic mass is 35.5. The normalized spacial score (nSPS) is 10.6. The molecule has 17 heavy (non-hydrogen) atoms. The van der Waals surface area contributed by atoms with Gasteiger partial charge in [0.1, 0.15) is 0 Å². The minimum absolute atomic E-state index is 0.571. The van der Waals surface area contributed by atoms with Crippen LogP contribution in [-0.4, -0.2) is 0 Å². The maximum absolute atomic E-state index is 5.77. The topological polar surface area (TPSA) is 36.8 Å². The molecular weight excluding hydrogens is 234 g/mol. The second-order valence-corrected chi connectivity index (χ2v) is 3.94. The minimum Gasteiger partial charge on any atom is -0.260 e. The summed E-state index contributed by atoms with van der Waals surface area (Å²) in [5.41, 5.74) is 4.84. The van der Waals surface area contributed by atoms with Crippen molar-refractivity contribution in [1.82, 2.24) is 0 Å². The van der Waals surface area contributed by atoms with Gasteiger partial charge in [0.25, 0.3) is 0 Å². The third-order valence-electron chi connectivity index (χ3n) is 2.19. The van der Waals surface area contributed by atoms with Gasteiger partial charge in [0.15, 0.2) is 0 Å². The van der Waals surface area contributed by atoms with Gasteiger partial charge < -0.3 is 0 Å². The Labute approximate surface area is 105 Å². The second kappa shape index (κ2) is 6.01. The van der Waals surface area contributed by atoms with Crippen LogP contribution in [0.15, 0.2) is 64.9 Å². The van der Waals surface area contributed by atoms with Crippen molar-refractivity contribution in [1.29, 1.82) is 0 Å². The van der Waals surface area contributed by atoms with Crippen LogP contribution in [-0.2, 0) is 6.54 Å². The molecule has 0 atom stereocenters. The molecule has 0 radical (unpaired) electrons. The molecule has 2 aromatic carbocycles. The highest BCUT2D eigenvalue weighted by Crippen LogP contribution is 2.13. The Morgan fingerprint density at radius 2 is 1.65 bits per heavy atom. The lowest BCUT2D eigenvalue weighted by molar-refractivity contribution is 0.925. The van der Waals surface area contributed by atoms with Gasteiger partial charge in [-0.05, 0) is 29.8 Å². The zero-order chi connectivity index (χ0) is 11.9. The van der Waals surface area contributed by atoms with Crippen LogP contribution in [0.2, 0.25) is 5.02 Å². The number of nitrogens with zero attached hydrogens (tertiary/aromatic N) is 2. The lowest BCUT2D eigenvalue weighted by Crippen LogP contribution is -1.87. The first kappa shape index (κ1) is 11.6. The third-order valence-corrected chi connectivity index (χ3v) is 2.44. The summed E-state index contributed by atoms with van der Waals surface area (Å²) < 4.78 is 0. The second-order valence-electron chi connectivity index (χ2n) is 3.50. The summed E-state index contributed by atoms with van der Waals surface area (Å²) in [7, 11) is 0. The van der Waals surface area contributed by atoms with Gasteiger partial charge in [-0.25, -0.2) is 0 Å². The average molecular weight is 246 g/mol. The van der Waals surface area contributed by atoms with E-state index in [2.05, 4.69) is 15.8 Å². The summed E-state index contributed by atoms with van der Waals surface area (Å²) >= 11 is 5.77. The first-order valence-electron chi connectivity index (χ1n) is 5.26. The maximum Gasteiger partial charge on any atom is 0.0870 e. The van der Waals surface area contributed by atoms with E-state index in [1.54, 1.807) is 12.1 Å². The number of halogens is 1. The van der Waals surface area contributed by atoms with E-state index in [0.717, 1.165) is 11.3 Å². The molecule has 0 bridgehead atoms. The van der Waals surface area contributed by atoms with Gasteiger partial charge in [-0.3, -0.25) is 5.43 Å². The molecule has 0 amide bonds. The van der Waals surface area contributed by atoms with Gasteiger partial charge in [-0.15, -0.1) is 0 Å². The van der Waals surface area contributed by atoms with Crippen LogP contribution < -0.4 is 5.43 Å². The van der Waals surface area contributed by atoms with Gasteiger partial charge in [-0.2, -0.15) is 5.11 Å². The van der Waals surface area contributed by atoms with Crippen molar-refractivity contribution < 1.29 is 0 Å². The van der Waals surface area contributed by atoms with Crippen LogP contribution in [0.25, 0.3) is 0 Å². The predicted molar refractivity (Wildman–Crippen MR) is 70.1 cm³/mol. The average Bonchev–Trinajstić information content (AvgIpc) is 2.38. The molecule has 0 aromatic heterocycles. The Hall–Kier alpha value is -1.87. The molecule has 3 nitrogen and oxygen atoms in total. The molecular formula is C13H12ClN3. The van der Waals surface area contributed by atoms with E-state index in [9.17, 15) is 0 Å². The van der Waals surface area contributed by atoms with Gasteiger partial charge in [-0.1, -0.05) is 47.2 Å². The van der Waals surface area contributed by atoms with E-state index in [-0.39, 0.29) is 0 Å². The fourth-order valence-electron chi connectivity index (χ4n) is 1.32. The Balaban J connectivity index is 1.84. The number of hydrogen-bond donors (Lipinski definition) is 1. The molecule has 86 valence electrons. The molecule has 0 saturated carbocycles. The number of rotatable bonds is 4. The predicted octanol–water partition coefficient (Wildman–Crippen LogP) is 4.32. The van der Waals surface area contributed by atoms with E-state index in [1.165, 1.54) is 0 Å². The Bertz CT molecular complexity index is 480. The molecule has 4 heteroatoms. The quantitative estimate of drug-likeness (QED) is 0.632. The highest BCUT2D eigenvalue weighted by molar-refractivity contribution is 6.30. The van der Waals surface area contributed by atoms with Crippen LogP contribution in [0.4, 0.5) is 5.69 Å². The van der Waals surface area contributed by atoms with Gasteiger partial charge in [0.2, 0.25) is 0 Å². The Morgan fingerprint density at radius 1 is 0.941 bits per heavy atom. The summed E-state index contributed by atoms with van der Waals surface area (Å²) in [6.07, 6.45) is 0. The van der Waals surface area contributed by atoms with Crippen molar-refractivity contribution in [3.8, 4) is 0 Å². The summed E-state index contributed by atoms with van der Waals surface area (Å²) in [6, 6.07) is 17.3. The molecule has 0 fully saturated rings. The van der Waals surface area contributed by atoms with E-state index < -0.39 is 0 Å². The fraction of sp³-hybridized carbons (Fsp3) is 0.0769. The van der Waals surface area contributed by atoms with Crippen molar-refractivity contribution in [2.24, 2.45) is 10.3 Å². The van der Waals surface area contributed by atoms with Crippen molar-refractivity contribution in [3.63, 3.8) is 0 Å². The largest absolute Gasteiger partial charge is 0.260 e. The third kappa shape index (κ3) is 3.89. The maximum atomic E-state index is 5.77. The van der Waals surface area contributed by atoms with E-state index in [0.29, 0.717) is 11.6 Å². The van der Waals surface area contributed by atoms with Crippen LogP contribution >= 0.6 is 11.6 Å². The van der Waals surface area contributed by atoms with Crippen LogP contribution in [0.5, 0.6) is 0 Å². The van der Waals surface area contributed by atoms with E-state index >= 15 is 0 Å². The zero-order valence-corrected chi connectivity index (χ0v) is 9.93. The summed E-state index contributed by atoms with van der Waals surface area (Å²) in [4.78, 5) is 0. The van der Waals surface area contributed by atoms with E-state index in [4.69, 9.17) is 11.6 Å². The molecule has 0 aliphatic rings. The summed E-state index contributed by atoms with van der Waals surface area (Å²) in [5, 5.41) is 8.64. The molecule has 1 N–H and O–H groups in total. The molecule has 2 rings (SSSR count). The molecule has 0 aliphatic carbocycles. The minimum atomic E-state index is 0.571. The first-order valence-corrected chi connectivity index (χ1v) is 5.64. The van der Waals surface area contributed by atoms with Crippen LogP contribution in [0.3, 0.4) is 0 Å². The highest BCUT2D eigenvalue weighted by Gasteiger charge is 1.90. The van der Waals surface area contributed by atoms with Gasteiger partial charge >= 0.3 is 0 Å². The number of hydrogen-bond acceptors (Lipinski definition) is 2. The SMILES string of the molecule is Clc1ccc(NN=NCc2ccccc2)cc1. The smallest absolute Gasteiger partial charge is 0.0870 e. The molecule has 0 unspecified atom stereocenters. The first-order chi connectivity index (χ1) is 8.34. The van der Waals surface area contributed by atoms with Crippen LogP contribution in [0, 0.1) is 0 Å². The lowest BCUT2D eigenvalue weighted by Gasteiger charge is -1.98. The monoisotopic (exact) mass is 245 g/mol. The number of nitrogens with one attached hydrogen (secondary N) is 1. The van der Waals surface area contributed by atoms with Gasteiger partial charge in [0, 0.05) is 5.02 Å². The Kier molecular flexibility index (Phi) is 4.11. The Morgan fingerprint density at radius 3 is 2.35 bits per heavy atom. The molecule has 0 spiro atoms. The van der Waals surface area contributed by atoms with E-state index in [1.807, 2.05) is 42.5 Å². The molecule has 0 aliphatic heterocycles. The van der Waals surface area contributed by atoms with Crippen LogP contribution in [0.1, 0.15) is 5.56 Å². The standard InChI is InChI=1S/C13H12ClN3/c14-12-6-8-13(9-7-12)16-17-15-10-11-4-2-1-3-5-11/h1-9H,10H2,(H,15,16). The summed E-state index contributed by atoms with van der Waals surface area (Å²) in [5.74, 6) is 0. The lowest BCUT2D eigenvalue weighted by atomic mass is 10.2. The molecule has 2 aromatic rings. The van der Waals surface area contributed by atoms with Crippen molar-refractivity contribution in [3.05, 3.63) is 65.2 Å². The van der Waals surface area contributed by atoms with Crippen molar-refractivity contribution >= 4 is 17.3 Å². The fourth-order valence-corrected chi connectivity index (χ4v) is 1.44. The molecule has 0 saturated heterocycles. The van der Waals surface area contributed by atoms with Gasteiger partial charge in [0.05, 0.1) is 12.2 Å². The molecule has 0 heterocycles. The van der Waals surface area contributed by atoms with Crippen molar-refractivity contribution in [2.75, 3.05) is 5.43 Å². The number of benzene rings is 2. The van der Waals surface area contributed by atoms with Crippen molar-refractivity contribution in [2.45, 2.75) is 6.54 Å². The zero-order valence-electron chi connectivity index (χ0n) is 9.18.